The van der Waals surface area contributed by atoms with Gasteiger partial charge in [0.1, 0.15) is 11.6 Å². The quantitative estimate of drug-likeness (QED) is 0.587. The highest BCUT2D eigenvalue weighted by molar-refractivity contribution is 7.89. The lowest BCUT2D eigenvalue weighted by molar-refractivity contribution is 0.208. The van der Waals surface area contributed by atoms with Crippen molar-refractivity contribution in [3.8, 4) is 22.3 Å². The van der Waals surface area contributed by atoms with E-state index in [-0.39, 0.29) is 11.5 Å². The van der Waals surface area contributed by atoms with Crippen LogP contribution in [-0.2, 0) is 10.0 Å². The molecule has 1 aliphatic rings. The summed E-state index contributed by atoms with van der Waals surface area (Å²) in [6.45, 7) is 0.950. The average molecular weight is 456 g/mol. The van der Waals surface area contributed by atoms with Crippen LogP contribution in [0, 0.1) is 11.7 Å². The summed E-state index contributed by atoms with van der Waals surface area (Å²) in [5.74, 6) is 0.225. The molecule has 4 rings (SSSR count). The molecule has 0 unspecified atom stereocenters. The Kier molecular flexibility index (Phi) is 6.55. The first-order valence-corrected chi connectivity index (χ1v) is 12.1. The van der Waals surface area contributed by atoms with Crippen molar-refractivity contribution in [1.82, 2.24) is 9.29 Å². The van der Waals surface area contributed by atoms with Gasteiger partial charge in [-0.25, -0.2) is 17.8 Å². The maximum Gasteiger partial charge on any atom is 0.243 e. The van der Waals surface area contributed by atoms with E-state index in [2.05, 4.69) is 4.98 Å². The van der Waals surface area contributed by atoms with Gasteiger partial charge in [0.2, 0.25) is 10.0 Å². The van der Waals surface area contributed by atoms with Crippen LogP contribution in [0.25, 0.3) is 22.3 Å². The monoisotopic (exact) mass is 455 g/mol. The largest absolute Gasteiger partial charge is 0.396 e. The first-order valence-electron chi connectivity index (χ1n) is 10.6. The van der Waals surface area contributed by atoms with Crippen molar-refractivity contribution in [2.24, 2.45) is 5.92 Å². The number of aliphatic hydroxyl groups excluding tert-OH is 1. The molecular formula is C24H26FN3O3S. The van der Waals surface area contributed by atoms with Crippen LogP contribution in [-0.4, -0.2) is 42.5 Å². The summed E-state index contributed by atoms with van der Waals surface area (Å²) in [6, 6.07) is 14.7. The molecule has 0 saturated carbocycles. The number of rotatable bonds is 6. The van der Waals surface area contributed by atoms with Gasteiger partial charge in [-0.15, -0.1) is 0 Å². The molecule has 0 atom stereocenters. The highest BCUT2D eigenvalue weighted by atomic mass is 32.2. The average Bonchev–Trinajstić information content (AvgIpc) is 2.80. The molecule has 8 heteroatoms. The minimum Gasteiger partial charge on any atom is -0.396 e. The van der Waals surface area contributed by atoms with E-state index in [4.69, 9.17) is 10.8 Å². The number of hydrogen-bond donors (Lipinski definition) is 2. The fraction of sp³-hybridized carbons (Fsp3) is 0.292. The standard InChI is InChI=1S/C24H26FN3O3S/c25-22-15-18(5-7-20(22)19-6-8-24(26)27-16-19)21-3-1-2-4-23(21)32(30,31)28-12-9-17(10-13-28)11-14-29/h1-8,15-17,29H,9-14H2,(H2,26,27). The molecular weight excluding hydrogens is 429 g/mol. The minimum atomic E-state index is -3.73. The Morgan fingerprint density at radius 3 is 2.41 bits per heavy atom. The van der Waals surface area contributed by atoms with Crippen LogP contribution in [0.1, 0.15) is 19.3 Å². The zero-order chi connectivity index (χ0) is 22.7. The first kappa shape index (κ1) is 22.4. The molecule has 168 valence electrons. The number of pyridine rings is 1. The van der Waals surface area contributed by atoms with E-state index in [1.165, 1.54) is 16.6 Å². The molecule has 0 amide bonds. The summed E-state index contributed by atoms with van der Waals surface area (Å²) < 4.78 is 43.3. The highest BCUT2D eigenvalue weighted by Crippen LogP contribution is 2.34. The van der Waals surface area contributed by atoms with Gasteiger partial charge < -0.3 is 10.8 Å². The van der Waals surface area contributed by atoms with Gasteiger partial charge in [0.25, 0.3) is 0 Å². The Balaban J connectivity index is 1.65. The number of nitrogens with zero attached hydrogens (tertiary/aromatic N) is 2. The number of benzene rings is 2. The molecule has 0 radical (unpaired) electrons. The van der Waals surface area contributed by atoms with Gasteiger partial charge in [-0.1, -0.05) is 30.3 Å². The van der Waals surface area contributed by atoms with E-state index in [0.29, 0.717) is 53.5 Å². The van der Waals surface area contributed by atoms with E-state index in [1.807, 2.05) is 0 Å². The van der Waals surface area contributed by atoms with Gasteiger partial charge in [-0.05, 0) is 55.0 Å². The second-order valence-corrected chi connectivity index (χ2v) is 9.93. The number of nitrogens with two attached hydrogens (primary N) is 1. The number of halogens is 1. The summed E-state index contributed by atoms with van der Waals surface area (Å²) in [6.07, 6.45) is 3.65. The summed E-state index contributed by atoms with van der Waals surface area (Å²) >= 11 is 0. The predicted octanol–water partition coefficient (Wildman–Crippen LogP) is 3.92. The van der Waals surface area contributed by atoms with Crippen LogP contribution >= 0.6 is 0 Å². The molecule has 1 fully saturated rings. The maximum atomic E-state index is 15.0. The summed E-state index contributed by atoms with van der Waals surface area (Å²) in [5, 5.41) is 9.14. The third-order valence-corrected chi connectivity index (χ3v) is 7.95. The number of anilines is 1. The van der Waals surface area contributed by atoms with Gasteiger partial charge >= 0.3 is 0 Å². The van der Waals surface area contributed by atoms with Crippen LogP contribution in [0.4, 0.5) is 10.2 Å². The molecule has 0 bridgehead atoms. The first-order chi connectivity index (χ1) is 15.4. The molecule has 1 saturated heterocycles. The molecule has 3 aromatic rings. The third-order valence-electron chi connectivity index (χ3n) is 5.99. The van der Waals surface area contributed by atoms with Crippen molar-refractivity contribution >= 4 is 15.8 Å². The number of sulfonamides is 1. The number of nitrogen functional groups attached to an aromatic ring is 1. The van der Waals surface area contributed by atoms with Gasteiger partial charge in [0.05, 0.1) is 4.90 Å². The lowest BCUT2D eigenvalue weighted by Crippen LogP contribution is -2.38. The number of hydrogen-bond acceptors (Lipinski definition) is 5. The Labute approximate surface area is 187 Å². The van der Waals surface area contributed by atoms with Crippen molar-refractivity contribution < 1.29 is 17.9 Å². The van der Waals surface area contributed by atoms with Crippen LogP contribution in [0.5, 0.6) is 0 Å². The van der Waals surface area contributed by atoms with Gasteiger partial charge in [-0.2, -0.15) is 4.31 Å². The van der Waals surface area contributed by atoms with Gasteiger partial charge in [-0.3, -0.25) is 0 Å². The van der Waals surface area contributed by atoms with Crippen molar-refractivity contribution in [2.45, 2.75) is 24.2 Å². The second kappa shape index (κ2) is 9.36. The Hall–Kier alpha value is -2.81. The SMILES string of the molecule is Nc1ccc(-c2ccc(-c3ccccc3S(=O)(=O)N3CCC(CCO)CC3)cc2F)cn1. The molecule has 6 nitrogen and oxygen atoms in total. The zero-order valence-corrected chi connectivity index (χ0v) is 18.4. The van der Waals surface area contributed by atoms with Gasteiger partial charge in [0, 0.05) is 42.6 Å². The zero-order valence-electron chi connectivity index (χ0n) is 17.6. The molecule has 32 heavy (non-hydrogen) atoms. The fourth-order valence-electron chi connectivity index (χ4n) is 4.17. The van der Waals surface area contributed by atoms with Crippen molar-refractivity contribution in [2.75, 3.05) is 25.4 Å². The smallest absolute Gasteiger partial charge is 0.243 e. The number of piperidine rings is 1. The van der Waals surface area contributed by atoms with Crippen LogP contribution in [0.15, 0.2) is 65.7 Å². The molecule has 2 heterocycles. The predicted molar refractivity (Wildman–Crippen MR) is 123 cm³/mol. The summed E-state index contributed by atoms with van der Waals surface area (Å²) in [5.41, 5.74) is 7.52. The van der Waals surface area contributed by atoms with Crippen molar-refractivity contribution in [3.05, 3.63) is 66.6 Å². The topological polar surface area (TPSA) is 96.5 Å². The van der Waals surface area contributed by atoms with Gasteiger partial charge in [0.15, 0.2) is 0 Å². The van der Waals surface area contributed by atoms with E-state index in [0.717, 1.165) is 12.8 Å². The van der Waals surface area contributed by atoms with E-state index in [9.17, 15) is 12.8 Å². The lowest BCUT2D eigenvalue weighted by atomic mass is 9.95. The normalized spacial score (nSPS) is 15.7. The van der Waals surface area contributed by atoms with Crippen LogP contribution in [0.2, 0.25) is 0 Å². The molecule has 1 aliphatic heterocycles. The number of aromatic nitrogens is 1. The summed E-state index contributed by atoms with van der Waals surface area (Å²) in [7, 11) is -3.73. The van der Waals surface area contributed by atoms with Crippen molar-refractivity contribution in [3.63, 3.8) is 0 Å². The van der Waals surface area contributed by atoms with E-state index in [1.54, 1.807) is 48.5 Å². The second-order valence-electron chi connectivity index (χ2n) is 8.02. The lowest BCUT2D eigenvalue weighted by Gasteiger charge is -2.31. The van der Waals surface area contributed by atoms with Crippen LogP contribution in [0.3, 0.4) is 0 Å². The minimum absolute atomic E-state index is 0.119. The molecule has 3 N–H and O–H groups in total. The molecule has 1 aromatic heterocycles. The Morgan fingerprint density at radius 2 is 1.75 bits per heavy atom. The highest BCUT2D eigenvalue weighted by Gasteiger charge is 2.31. The molecule has 0 aliphatic carbocycles. The third kappa shape index (κ3) is 4.53. The molecule has 2 aromatic carbocycles. The Bertz CT molecular complexity index is 1190. The van der Waals surface area contributed by atoms with Crippen LogP contribution < -0.4 is 5.73 Å². The van der Waals surface area contributed by atoms with Crippen molar-refractivity contribution in [1.29, 1.82) is 0 Å². The number of aliphatic hydroxyl groups is 1. The van der Waals surface area contributed by atoms with E-state index >= 15 is 0 Å². The summed E-state index contributed by atoms with van der Waals surface area (Å²) in [4.78, 5) is 4.17. The maximum absolute atomic E-state index is 15.0. The van der Waals surface area contributed by atoms with E-state index < -0.39 is 15.8 Å². The fourth-order valence-corrected chi connectivity index (χ4v) is 5.86. The Morgan fingerprint density at radius 1 is 1.03 bits per heavy atom. The molecule has 0 spiro atoms.